The Kier molecular flexibility index (Phi) is 8.52. The van der Waals surface area contributed by atoms with Gasteiger partial charge >= 0.3 is 12.1 Å². The van der Waals surface area contributed by atoms with E-state index in [0.717, 1.165) is 33.6 Å². The minimum atomic E-state index is -0.859. The number of esters is 1. The number of amides is 1. The van der Waals surface area contributed by atoms with Crippen LogP contribution in [-0.2, 0) is 20.7 Å². The lowest BCUT2D eigenvalue weighted by Crippen LogP contribution is -2.45. The van der Waals surface area contributed by atoms with Gasteiger partial charge in [-0.1, -0.05) is 73.3 Å². The summed E-state index contributed by atoms with van der Waals surface area (Å²) >= 11 is 0. The second-order valence-electron chi connectivity index (χ2n) is 10.3. The molecule has 1 N–H and O–H groups in total. The van der Waals surface area contributed by atoms with Gasteiger partial charge in [-0.25, -0.2) is 9.59 Å². The van der Waals surface area contributed by atoms with Gasteiger partial charge in [-0.2, -0.15) is 0 Å². The van der Waals surface area contributed by atoms with Crippen molar-refractivity contribution in [2.24, 2.45) is 0 Å². The molecule has 0 radical (unpaired) electrons. The second-order valence-corrected chi connectivity index (χ2v) is 10.3. The van der Waals surface area contributed by atoms with Gasteiger partial charge in [-0.15, -0.1) is 0 Å². The molecule has 0 saturated carbocycles. The fraction of sp³-hybridized carbons (Fsp3) is 0.312. The molecule has 0 aliphatic heterocycles. The van der Waals surface area contributed by atoms with Crippen molar-refractivity contribution in [2.45, 2.75) is 51.2 Å². The summed E-state index contributed by atoms with van der Waals surface area (Å²) in [5.41, 5.74) is 4.87. The fourth-order valence-electron chi connectivity index (χ4n) is 4.66. The van der Waals surface area contributed by atoms with Crippen LogP contribution in [0.1, 0.15) is 49.8 Å². The van der Waals surface area contributed by atoms with Crippen LogP contribution in [-0.4, -0.2) is 36.9 Å². The van der Waals surface area contributed by atoms with E-state index in [2.05, 4.69) is 36.2 Å². The SMILES string of the molecule is C=CCOc1cccc(CCC(NC(=O)OCC2c3ccccc3-c3ccccc32)C(=O)OC(C)(C)C)c1. The van der Waals surface area contributed by atoms with Crippen LogP contribution >= 0.6 is 0 Å². The number of alkyl carbamates (subject to hydrolysis) is 1. The summed E-state index contributed by atoms with van der Waals surface area (Å²) in [5, 5.41) is 2.75. The smallest absolute Gasteiger partial charge is 0.407 e. The molecular formula is C32H35NO5. The molecule has 198 valence electrons. The third kappa shape index (κ3) is 6.82. The Hall–Kier alpha value is -4.06. The number of hydrogen-bond acceptors (Lipinski definition) is 5. The van der Waals surface area contributed by atoms with Crippen molar-refractivity contribution in [2.75, 3.05) is 13.2 Å². The predicted octanol–water partition coefficient (Wildman–Crippen LogP) is 6.43. The quantitative estimate of drug-likeness (QED) is 0.250. The van der Waals surface area contributed by atoms with Crippen LogP contribution in [0.5, 0.6) is 5.75 Å². The van der Waals surface area contributed by atoms with Gasteiger partial charge in [-0.05, 0) is 73.6 Å². The molecule has 1 aliphatic carbocycles. The molecule has 3 aromatic rings. The maximum atomic E-state index is 13.0. The first kappa shape index (κ1) is 27.0. The van der Waals surface area contributed by atoms with E-state index < -0.39 is 23.7 Å². The summed E-state index contributed by atoms with van der Waals surface area (Å²) in [7, 11) is 0. The third-order valence-electron chi connectivity index (χ3n) is 6.32. The van der Waals surface area contributed by atoms with Crippen molar-refractivity contribution >= 4 is 12.1 Å². The zero-order valence-electron chi connectivity index (χ0n) is 22.2. The molecular weight excluding hydrogens is 478 g/mol. The lowest BCUT2D eigenvalue weighted by atomic mass is 9.98. The zero-order chi connectivity index (χ0) is 27.1. The summed E-state index contributed by atoms with van der Waals surface area (Å²) in [6.45, 7) is 9.65. The first-order valence-electron chi connectivity index (χ1n) is 12.9. The van der Waals surface area contributed by atoms with Gasteiger partial charge < -0.3 is 19.5 Å². The molecule has 1 atom stereocenters. The number of benzene rings is 3. The number of nitrogens with one attached hydrogen (secondary N) is 1. The van der Waals surface area contributed by atoms with Gasteiger partial charge in [0, 0.05) is 5.92 Å². The topological polar surface area (TPSA) is 73.9 Å². The number of carbonyl (C=O) groups excluding carboxylic acids is 2. The molecule has 0 spiro atoms. The molecule has 0 heterocycles. The van der Waals surface area contributed by atoms with Crippen molar-refractivity contribution in [1.29, 1.82) is 0 Å². The van der Waals surface area contributed by atoms with Crippen LogP contribution in [0.2, 0.25) is 0 Å². The van der Waals surface area contributed by atoms with Crippen LogP contribution in [0.4, 0.5) is 4.79 Å². The van der Waals surface area contributed by atoms with E-state index in [4.69, 9.17) is 14.2 Å². The Balaban J connectivity index is 1.42. The molecule has 3 aromatic carbocycles. The average Bonchev–Trinajstić information content (AvgIpc) is 3.21. The number of ether oxygens (including phenoxy) is 3. The van der Waals surface area contributed by atoms with Gasteiger partial charge in [0.2, 0.25) is 0 Å². The standard InChI is InChI=1S/C32H35NO5/c1-5-19-36-23-12-10-11-22(20-23)17-18-29(30(34)38-32(2,3)4)33-31(35)37-21-28-26-15-8-6-13-24(26)25-14-7-9-16-27(25)28/h5-16,20,28-29H,1,17-19,21H2,2-4H3,(H,33,35). The fourth-order valence-corrected chi connectivity index (χ4v) is 4.66. The number of carbonyl (C=O) groups is 2. The van der Waals surface area contributed by atoms with Crippen molar-refractivity contribution < 1.29 is 23.8 Å². The Morgan fingerprint density at radius 3 is 2.26 bits per heavy atom. The minimum absolute atomic E-state index is 0.0635. The molecule has 6 nitrogen and oxygen atoms in total. The van der Waals surface area contributed by atoms with Gasteiger partial charge in [0.05, 0.1) is 0 Å². The highest BCUT2D eigenvalue weighted by Crippen LogP contribution is 2.44. The molecule has 4 rings (SSSR count). The molecule has 0 fully saturated rings. The zero-order valence-corrected chi connectivity index (χ0v) is 22.2. The van der Waals surface area contributed by atoms with E-state index in [1.165, 1.54) is 0 Å². The summed E-state index contributed by atoms with van der Waals surface area (Å²) in [6, 6.07) is 23.1. The van der Waals surface area contributed by atoms with Crippen molar-refractivity contribution in [3.8, 4) is 16.9 Å². The molecule has 6 heteroatoms. The maximum absolute atomic E-state index is 13.0. The van der Waals surface area contributed by atoms with Crippen molar-refractivity contribution in [1.82, 2.24) is 5.32 Å². The van der Waals surface area contributed by atoms with E-state index in [1.807, 2.05) is 48.5 Å². The Labute approximate surface area is 224 Å². The van der Waals surface area contributed by atoms with Crippen LogP contribution in [0, 0.1) is 0 Å². The molecule has 1 unspecified atom stereocenters. The minimum Gasteiger partial charge on any atom is -0.490 e. The highest BCUT2D eigenvalue weighted by atomic mass is 16.6. The van der Waals surface area contributed by atoms with E-state index in [1.54, 1.807) is 26.8 Å². The van der Waals surface area contributed by atoms with Crippen LogP contribution < -0.4 is 10.1 Å². The molecule has 0 saturated heterocycles. The summed E-state index contributed by atoms with van der Waals surface area (Å²) in [4.78, 5) is 25.9. The average molecular weight is 514 g/mol. The van der Waals surface area contributed by atoms with Gasteiger partial charge in [0.25, 0.3) is 0 Å². The molecule has 38 heavy (non-hydrogen) atoms. The van der Waals surface area contributed by atoms with Gasteiger partial charge in [-0.3, -0.25) is 0 Å². The van der Waals surface area contributed by atoms with E-state index >= 15 is 0 Å². The van der Waals surface area contributed by atoms with Crippen LogP contribution in [0.3, 0.4) is 0 Å². The van der Waals surface area contributed by atoms with E-state index in [9.17, 15) is 9.59 Å². The molecule has 0 aromatic heterocycles. The largest absolute Gasteiger partial charge is 0.490 e. The predicted molar refractivity (Wildman–Crippen MR) is 148 cm³/mol. The Morgan fingerprint density at radius 1 is 0.974 bits per heavy atom. The Bertz CT molecular complexity index is 1250. The van der Waals surface area contributed by atoms with Crippen molar-refractivity contribution in [3.05, 3.63) is 102 Å². The van der Waals surface area contributed by atoms with Crippen LogP contribution in [0.15, 0.2) is 85.5 Å². The van der Waals surface area contributed by atoms with E-state index in [0.29, 0.717) is 19.4 Å². The highest BCUT2D eigenvalue weighted by Gasteiger charge is 2.31. The number of fused-ring (bicyclic) bond motifs is 3. The number of hydrogen-bond donors (Lipinski definition) is 1. The summed E-state index contributed by atoms with van der Waals surface area (Å²) < 4.78 is 16.9. The summed E-state index contributed by atoms with van der Waals surface area (Å²) in [6.07, 6.45) is 1.93. The monoisotopic (exact) mass is 513 g/mol. The number of rotatable bonds is 10. The maximum Gasteiger partial charge on any atom is 0.407 e. The molecule has 0 bridgehead atoms. The highest BCUT2D eigenvalue weighted by molar-refractivity contribution is 5.82. The lowest BCUT2D eigenvalue weighted by Gasteiger charge is -2.25. The van der Waals surface area contributed by atoms with Gasteiger partial charge in [0.1, 0.15) is 30.6 Å². The second kappa shape index (κ2) is 12.0. The Morgan fingerprint density at radius 2 is 1.63 bits per heavy atom. The van der Waals surface area contributed by atoms with Crippen molar-refractivity contribution in [3.63, 3.8) is 0 Å². The first-order valence-corrected chi connectivity index (χ1v) is 12.9. The normalized spacial score (nSPS) is 13.1. The van der Waals surface area contributed by atoms with Gasteiger partial charge in [0.15, 0.2) is 0 Å². The summed E-state index contributed by atoms with van der Waals surface area (Å²) in [5.74, 6) is 0.164. The van der Waals surface area contributed by atoms with Crippen LogP contribution in [0.25, 0.3) is 11.1 Å². The van der Waals surface area contributed by atoms with E-state index in [-0.39, 0.29) is 12.5 Å². The third-order valence-corrected chi connectivity index (χ3v) is 6.32. The number of aryl methyl sites for hydroxylation is 1. The lowest BCUT2D eigenvalue weighted by molar-refractivity contribution is -0.157. The first-order chi connectivity index (χ1) is 18.2. The molecule has 1 amide bonds. The molecule has 1 aliphatic rings.